The molecule has 1 amide bonds. The zero-order chi connectivity index (χ0) is 22.0. The predicted octanol–water partition coefficient (Wildman–Crippen LogP) is 3.10. The van der Waals surface area contributed by atoms with Crippen LogP contribution in [0.1, 0.15) is 32.9 Å². The van der Waals surface area contributed by atoms with Crippen LogP contribution in [0.5, 0.6) is 0 Å². The molecule has 0 unspecified atom stereocenters. The number of benzene rings is 1. The van der Waals surface area contributed by atoms with Crippen molar-refractivity contribution in [3.8, 4) is 11.5 Å². The van der Waals surface area contributed by atoms with Crippen molar-refractivity contribution in [2.75, 3.05) is 26.7 Å². The van der Waals surface area contributed by atoms with Crippen molar-refractivity contribution in [2.24, 2.45) is 4.99 Å². The van der Waals surface area contributed by atoms with Gasteiger partial charge in [0.25, 0.3) is 0 Å². The van der Waals surface area contributed by atoms with E-state index in [2.05, 4.69) is 25.9 Å². The van der Waals surface area contributed by atoms with Gasteiger partial charge in [-0.25, -0.2) is 14.2 Å². The topological polar surface area (TPSA) is 101 Å². The third kappa shape index (κ3) is 8.50. The third-order valence-corrected chi connectivity index (χ3v) is 3.85. The number of halogens is 1. The Kier molecular flexibility index (Phi) is 8.64. The minimum atomic E-state index is -0.502. The Balaban J connectivity index is 1.64. The first kappa shape index (κ1) is 23.2. The zero-order valence-electron chi connectivity index (χ0n) is 17.9. The number of hydrogen-bond acceptors (Lipinski definition) is 5. The largest absolute Gasteiger partial charge is 0.444 e. The van der Waals surface area contributed by atoms with Crippen molar-refractivity contribution in [3.63, 3.8) is 0 Å². The smallest absolute Gasteiger partial charge is 0.407 e. The van der Waals surface area contributed by atoms with Gasteiger partial charge in [-0.15, -0.1) is 0 Å². The number of hydrogen-bond donors (Lipinski definition) is 3. The van der Waals surface area contributed by atoms with Crippen LogP contribution < -0.4 is 16.0 Å². The van der Waals surface area contributed by atoms with E-state index >= 15 is 0 Å². The molecule has 1 aromatic heterocycles. The number of alkyl carbamates (subject to hydrolysis) is 1. The second-order valence-corrected chi connectivity index (χ2v) is 7.61. The molecule has 0 saturated heterocycles. The second kappa shape index (κ2) is 11.2. The maximum atomic E-state index is 13.0. The summed E-state index contributed by atoms with van der Waals surface area (Å²) in [7, 11) is 1.69. The van der Waals surface area contributed by atoms with Crippen LogP contribution in [0.2, 0.25) is 0 Å². The van der Waals surface area contributed by atoms with Crippen molar-refractivity contribution >= 4 is 12.1 Å². The van der Waals surface area contributed by atoms with Crippen molar-refractivity contribution in [2.45, 2.75) is 39.2 Å². The molecule has 30 heavy (non-hydrogen) atoms. The summed E-state index contributed by atoms with van der Waals surface area (Å²) in [5, 5.41) is 9.10. The molecular weight excluding hydrogens is 389 g/mol. The molecule has 1 aromatic carbocycles. The highest BCUT2D eigenvalue weighted by Crippen LogP contribution is 2.18. The van der Waals surface area contributed by atoms with Gasteiger partial charge >= 0.3 is 6.09 Å². The molecule has 0 atom stereocenters. The monoisotopic (exact) mass is 419 g/mol. The van der Waals surface area contributed by atoms with E-state index in [1.165, 1.54) is 12.1 Å². The van der Waals surface area contributed by atoms with E-state index in [0.717, 1.165) is 17.7 Å². The molecule has 0 radical (unpaired) electrons. The first-order valence-corrected chi connectivity index (χ1v) is 9.88. The van der Waals surface area contributed by atoms with Gasteiger partial charge < -0.3 is 25.1 Å². The average molecular weight is 420 g/mol. The summed E-state index contributed by atoms with van der Waals surface area (Å²) in [5.74, 6) is 0.828. The van der Waals surface area contributed by atoms with Crippen molar-refractivity contribution in [1.29, 1.82) is 0 Å². The minimum absolute atomic E-state index is 0.297. The Morgan fingerprint density at radius 3 is 2.47 bits per heavy atom. The fourth-order valence-electron chi connectivity index (χ4n) is 2.48. The van der Waals surface area contributed by atoms with E-state index in [1.807, 2.05) is 20.8 Å². The van der Waals surface area contributed by atoms with Crippen LogP contribution in [0.4, 0.5) is 9.18 Å². The van der Waals surface area contributed by atoms with Gasteiger partial charge in [0.05, 0.1) is 5.69 Å². The number of carbonyl (C=O) groups is 1. The molecular formula is C21H30FN5O3. The molecule has 0 saturated carbocycles. The molecule has 0 bridgehead atoms. The standard InChI is InChI=1S/C21H30FN5O3/c1-21(2,3)30-20(28)26-12-5-11-24-19(23-4)25-13-10-17-14-29-18(27-17)15-6-8-16(22)9-7-15/h6-9,14H,5,10-13H2,1-4H3,(H,26,28)(H2,23,24,25). The summed E-state index contributed by atoms with van der Waals surface area (Å²) in [5.41, 5.74) is 1.02. The van der Waals surface area contributed by atoms with Crippen molar-refractivity contribution in [1.82, 2.24) is 20.9 Å². The Morgan fingerprint density at radius 2 is 1.80 bits per heavy atom. The van der Waals surface area contributed by atoms with Crippen LogP contribution >= 0.6 is 0 Å². The highest BCUT2D eigenvalue weighted by atomic mass is 19.1. The van der Waals surface area contributed by atoms with Gasteiger partial charge in [-0.2, -0.15) is 0 Å². The maximum absolute atomic E-state index is 13.0. The number of ether oxygens (including phenoxy) is 1. The van der Waals surface area contributed by atoms with Crippen LogP contribution in [0, 0.1) is 5.82 Å². The number of aliphatic imine (C=N–C) groups is 1. The first-order chi connectivity index (χ1) is 14.3. The van der Waals surface area contributed by atoms with Crippen LogP contribution in [-0.2, 0) is 11.2 Å². The van der Waals surface area contributed by atoms with Crippen molar-refractivity contribution < 1.29 is 18.3 Å². The zero-order valence-corrected chi connectivity index (χ0v) is 17.9. The lowest BCUT2D eigenvalue weighted by molar-refractivity contribution is 0.0527. The van der Waals surface area contributed by atoms with Crippen LogP contribution in [0.25, 0.3) is 11.5 Å². The van der Waals surface area contributed by atoms with Gasteiger partial charge in [-0.05, 0) is 51.5 Å². The van der Waals surface area contributed by atoms with Gasteiger partial charge in [-0.3, -0.25) is 4.99 Å². The van der Waals surface area contributed by atoms with E-state index in [1.54, 1.807) is 25.4 Å². The summed E-state index contributed by atoms with van der Waals surface area (Å²) in [6.07, 6.45) is 2.55. The fourth-order valence-corrected chi connectivity index (χ4v) is 2.48. The molecule has 0 spiro atoms. The van der Waals surface area contributed by atoms with Gasteiger partial charge in [0.1, 0.15) is 17.7 Å². The Morgan fingerprint density at radius 1 is 1.13 bits per heavy atom. The normalized spacial score (nSPS) is 11.8. The van der Waals surface area contributed by atoms with E-state index < -0.39 is 11.7 Å². The maximum Gasteiger partial charge on any atom is 0.407 e. The molecule has 3 N–H and O–H groups in total. The lowest BCUT2D eigenvalue weighted by Gasteiger charge is -2.19. The SMILES string of the molecule is CN=C(NCCCNC(=O)OC(C)(C)C)NCCc1coc(-c2ccc(F)cc2)n1. The van der Waals surface area contributed by atoms with Gasteiger partial charge in [-0.1, -0.05) is 0 Å². The molecule has 2 rings (SSSR count). The van der Waals surface area contributed by atoms with Gasteiger partial charge in [0, 0.05) is 38.7 Å². The minimum Gasteiger partial charge on any atom is -0.444 e. The first-order valence-electron chi connectivity index (χ1n) is 9.88. The van der Waals surface area contributed by atoms with E-state index in [-0.39, 0.29) is 5.82 Å². The predicted molar refractivity (Wildman–Crippen MR) is 114 cm³/mol. The second-order valence-electron chi connectivity index (χ2n) is 7.61. The molecule has 9 heteroatoms. The van der Waals surface area contributed by atoms with Crippen LogP contribution in [0.3, 0.4) is 0 Å². The van der Waals surface area contributed by atoms with Crippen LogP contribution in [0.15, 0.2) is 39.9 Å². The highest BCUT2D eigenvalue weighted by Gasteiger charge is 2.15. The number of carbonyl (C=O) groups excluding carboxylic acids is 1. The number of rotatable bonds is 8. The number of amides is 1. The summed E-state index contributed by atoms with van der Waals surface area (Å²) in [4.78, 5) is 20.2. The fraction of sp³-hybridized carbons (Fsp3) is 0.476. The van der Waals surface area contributed by atoms with Crippen LogP contribution in [-0.4, -0.2) is 49.3 Å². The number of guanidine groups is 1. The Labute approximate surface area is 176 Å². The summed E-state index contributed by atoms with van der Waals surface area (Å²) in [6.45, 7) is 7.24. The Bertz CT molecular complexity index is 828. The van der Waals surface area contributed by atoms with E-state index in [4.69, 9.17) is 9.15 Å². The molecule has 0 fully saturated rings. The van der Waals surface area contributed by atoms with Gasteiger partial charge in [0.2, 0.25) is 5.89 Å². The molecule has 8 nitrogen and oxygen atoms in total. The summed E-state index contributed by atoms with van der Waals surface area (Å²) in [6, 6.07) is 6.01. The van der Waals surface area contributed by atoms with Gasteiger partial charge in [0.15, 0.2) is 5.96 Å². The highest BCUT2D eigenvalue weighted by molar-refractivity contribution is 5.79. The number of nitrogens with one attached hydrogen (secondary N) is 3. The number of aromatic nitrogens is 1. The quantitative estimate of drug-likeness (QED) is 0.345. The summed E-state index contributed by atoms with van der Waals surface area (Å²) < 4.78 is 23.7. The third-order valence-electron chi connectivity index (χ3n) is 3.85. The van der Waals surface area contributed by atoms with E-state index in [9.17, 15) is 9.18 Å². The molecule has 164 valence electrons. The number of nitrogens with zero attached hydrogens (tertiary/aromatic N) is 2. The molecule has 0 aliphatic heterocycles. The average Bonchev–Trinajstić information content (AvgIpc) is 3.14. The lowest BCUT2D eigenvalue weighted by atomic mass is 10.2. The summed E-state index contributed by atoms with van der Waals surface area (Å²) >= 11 is 0. The molecule has 1 heterocycles. The molecule has 2 aromatic rings. The van der Waals surface area contributed by atoms with Crippen molar-refractivity contribution in [3.05, 3.63) is 42.0 Å². The molecule has 0 aliphatic carbocycles. The van der Waals surface area contributed by atoms with E-state index in [0.29, 0.717) is 37.9 Å². The number of oxazole rings is 1. The Hall–Kier alpha value is -3.10. The lowest BCUT2D eigenvalue weighted by Crippen LogP contribution is -2.40. The molecule has 0 aliphatic rings.